The van der Waals surface area contributed by atoms with E-state index in [-0.39, 0.29) is 24.8 Å². The summed E-state index contributed by atoms with van der Waals surface area (Å²) in [6.45, 7) is 10.7. The number of esters is 1. The molecule has 4 nitrogen and oxygen atoms in total. The molecule has 1 aliphatic carbocycles. The fraction of sp³-hybridized carbons (Fsp3) is 0.385. The summed E-state index contributed by atoms with van der Waals surface area (Å²) in [6, 6.07) is 1.58. The predicted octanol–water partition coefficient (Wildman–Crippen LogP) is 5.41. The van der Waals surface area contributed by atoms with Crippen LogP contribution in [0.2, 0.25) is 0 Å². The predicted molar refractivity (Wildman–Crippen MR) is 122 cm³/mol. The molecule has 3 heterocycles. The van der Waals surface area contributed by atoms with Gasteiger partial charge in [-0.3, -0.25) is 4.79 Å². The number of carbonyl (C=O) groups is 1. The number of nitrogens with zero attached hydrogens (tertiary/aromatic N) is 2. The van der Waals surface area contributed by atoms with Crippen LogP contribution in [-0.2, 0) is 28.9 Å². The lowest BCUT2D eigenvalue weighted by molar-refractivity contribution is -0.142. The molecule has 0 spiro atoms. The summed E-state index contributed by atoms with van der Waals surface area (Å²) in [5.41, 5.74) is 8.85. The number of hydrogen-bond donors (Lipinski definition) is 0. The molecule has 5 heteroatoms. The van der Waals surface area contributed by atoms with Crippen molar-refractivity contribution < 1.29 is 13.9 Å². The highest BCUT2D eigenvalue weighted by atomic mass is 19.1. The van der Waals surface area contributed by atoms with Crippen molar-refractivity contribution in [3.05, 3.63) is 69.7 Å². The standard InChI is InChI=1S/C24H23FN2O2.C2H6/c1-4-14-12-29-22(28)9-15(14)8-21-24-18(11-27(21)3)17-7-5-6-16-13(2)19(25)10-20(26-24)23(16)17;1-2/h4,8,10H,1,5-7,9,11-12H2,2-3H3;1-2H3/b21-8-;. The Labute approximate surface area is 183 Å². The SMILES string of the molecule is C=CC1=C(/C=C2/c3nc4cc(F)c(C)c5c4c(c3CN2C)CCC5)CC(=O)OC1.CC. The van der Waals surface area contributed by atoms with E-state index in [9.17, 15) is 9.18 Å². The number of benzene rings is 1. The largest absolute Gasteiger partial charge is 0.461 e. The molecule has 2 aromatic rings. The molecule has 0 saturated carbocycles. The van der Waals surface area contributed by atoms with Crippen LogP contribution in [-0.4, -0.2) is 29.5 Å². The molecule has 3 aliphatic rings. The van der Waals surface area contributed by atoms with Gasteiger partial charge in [0.1, 0.15) is 12.4 Å². The van der Waals surface area contributed by atoms with Gasteiger partial charge in [-0.2, -0.15) is 0 Å². The van der Waals surface area contributed by atoms with Crippen molar-refractivity contribution in [2.24, 2.45) is 0 Å². The molecule has 0 amide bonds. The number of ether oxygens (including phenoxy) is 1. The third-order valence-corrected chi connectivity index (χ3v) is 6.41. The molecule has 0 saturated heterocycles. The summed E-state index contributed by atoms with van der Waals surface area (Å²) in [7, 11) is 2.04. The highest BCUT2D eigenvalue weighted by Gasteiger charge is 2.31. The quantitative estimate of drug-likeness (QED) is 0.609. The monoisotopic (exact) mass is 420 g/mol. The van der Waals surface area contributed by atoms with E-state index in [2.05, 4.69) is 11.5 Å². The van der Waals surface area contributed by atoms with Gasteiger partial charge < -0.3 is 9.64 Å². The van der Waals surface area contributed by atoms with Crippen LogP contribution in [0.4, 0.5) is 4.39 Å². The molecule has 162 valence electrons. The lowest BCUT2D eigenvalue weighted by Gasteiger charge is -2.21. The summed E-state index contributed by atoms with van der Waals surface area (Å²) in [5, 5.41) is 1.15. The summed E-state index contributed by atoms with van der Waals surface area (Å²) in [4.78, 5) is 18.9. The molecule has 0 atom stereocenters. The van der Waals surface area contributed by atoms with E-state index >= 15 is 0 Å². The Balaban J connectivity index is 0.00000112. The Hall–Kier alpha value is -2.95. The Morgan fingerprint density at radius 2 is 1.94 bits per heavy atom. The number of hydrogen-bond acceptors (Lipinski definition) is 4. The molecule has 0 unspecified atom stereocenters. The van der Waals surface area contributed by atoms with Gasteiger partial charge in [-0.15, -0.1) is 0 Å². The maximum absolute atomic E-state index is 14.6. The molecule has 0 radical (unpaired) electrons. The number of allylic oxidation sites excluding steroid dienone is 1. The number of fused-ring (bicyclic) bond motifs is 2. The topological polar surface area (TPSA) is 42.4 Å². The second-order valence-corrected chi connectivity index (χ2v) is 8.10. The minimum atomic E-state index is -0.230. The van der Waals surface area contributed by atoms with E-state index < -0.39 is 0 Å². The molecule has 0 fully saturated rings. The number of pyridine rings is 1. The smallest absolute Gasteiger partial charge is 0.310 e. The maximum Gasteiger partial charge on any atom is 0.310 e. The van der Waals surface area contributed by atoms with Gasteiger partial charge in [-0.1, -0.05) is 26.5 Å². The highest BCUT2D eigenvalue weighted by Crippen LogP contribution is 2.41. The third kappa shape index (κ3) is 3.46. The van der Waals surface area contributed by atoms with Crippen LogP contribution in [0.3, 0.4) is 0 Å². The van der Waals surface area contributed by atoms with Crippen molar-refractivity contribution in [2.75, 3.05) is 13.7 Å². The molecular formula is C26H29FN2O2. The van der Waals surface area contributed by atoms with E-state index in [1.54, 1.807) is 12.1 Å². The summed E-state index contributed by atoms with van der Waals surface area (Å²) in [6.07, 6.45) is 6.94. The van der Waals surface area contributed by atoms with E-state index in [4.69, 9.17) is 9.72 Å². The molecule has 5 rings (SSSR count). The molecule has 0 bridgehead atoms. The molecule has 1 aromatic heterocycles. The second kappa shape index (κ2) is 8.29. The van der Waals surface area contributed by atoms with Crippen molar-refractivity contribution in [3.63, 3.8) is 0 Å². The third-order valence-electron chi connectivity index (χ3n) is 6.41. The van der Waals surface area contributed by atoms with Crippen molar-refractivity contribution in [1.82, 2.24) is 9.88 Å². The first-order valence-corrected chi connectivity index (χ1v) is 11.0. The van der Waals surface area contributed by atoms with Gasteiger partial charge >= 0.3 is 5.97 Å². The lowest BCUT2D eigenvalue weighted by atomic mass is 9.85. The molecule has 2 aliphatic heterocycles. The van der Waals surface area contributed by atoms with Crippen LogP contribution in [0.5, 0.6) is 0 Å². The summed E-state index contributed by atoms with van der Waals surface area (Å²) in [5.74, 6) is -0.413. The zero-order valence-corrected chi connectivity index (χ0v) is 18.8. The van der Waals surface area contributed by atoms with Gasteiger partial charge in [0.15, 0.2) is 0 Å². The van der Waals surface area contributed by atoms with Gasteiger partial charge in [0, 0.05) is 30.6 Å². The number of cyclic esters (lactones) is 1. The van der Waals surface area contributed by atoms with Gasteiger partial charge in [0.05, 0.1) is 23.3 Å². The summed E-state index contributed by atoms with van der Waals surface area (Å²) >= 11 is 0. The number of rotatable bonds is 2. The maximum atomic E-state index is 14.6. The van der Waals surface area contributed by atoms with Gasteiger partial charge in [0.25, 0.3) is 0 Å². The van der Waals surface area contributed by atoms with Gasteiger partial charge in [-0.25, -0.2) is 9.37 Å². The number of aryl methyl sites for hydroxylation is 2. The normalized spacial score (nSPS) is 18.7. The number of carbonyl (C=O) groups excluding carboxylic acids is 1. The van der Waals surface area contributed by atoms with Crippen LogP contribution in [0.15, 0.2) is 35.9 Å². The number of aromatic nitrogens is 1. The van der Waals surface area contributed by atoms with Crippen LogP contribution in [0.1, 0.15) is 54.6 Å². The molecule has 31 heavy (non-hydrogen) atoms. The first-order valence-electron chi connectivity index (χ1n) is 11.0. The van der Waals surface area contributed by atoms with E-state index in [1.807, 2.05) is 33.9 Å². The van der Waals surface area contributed by atoms with Gasteiger partial charge in [0.2, 0.25) is 0 Å². The number of halogens is 1. The first-order chi connectivity index (χ1) is 15.0. The Kier molecular flexibility index (Phi) is 5.69. The Morgan fingerprint density at radius 1 is 1.19 bits per heavy atom. The van der Waals surface area contributed by atoms with Crippen molar-refractivity contribution >= 4 is 22.6 Å². The fourth-order valence-electron chi connectivity index (χ4n) is 4.86. The van der Waals surface area contributed by atoms with Gasteiger partial charge in [-0.05, 0) is 60.1 Å². The van der Waals surface area contributed by atoms with E-state index in [0.29, 0.717) is 0 Å². The molecular weight excluding hydrogens is 391 g/mol. The van der Waals surface area contributed by atoms with Crippen molar-refractivity contribution in [2.45, 2.75) is 53.0 Å². The zero-order chi connectivity index (χ0) is 22.3. The van der Waals surface area contributed by atoms with Crippen LogP contribution < -0.4 is 0 Å². The second-order valence-electron chi connectivity index (χ2n) is 8.10. The minimum Gasteiger partial charge on any atom is -0.461 e. The summed E-state index contributed by atoms with van der Waals surface area (Å²) < 4.78 is 19.7. The van der Waals surface area contributed by atoms with Crippen molar-refractivity contribution in [3.8, 4) is 0 Å². The average Bonchev–Trinajstić information content (AvgIpc) is 3.09. The fourth-order valence-corrected chi connectivity index (χ4v) is 4.86. The van der Waals surface area contributed by atoms with E-state index in [1.165, 1.54) is 11.1 Å². The minimum absolute atomic E-state index is 0.184. The zero-order valence-electron chi connectivity index (χ0n) is 18.8. The van der Waals surface area contributed by atoms with Crippen LogP contribution in [0, 0.1) is 12.7 Å². The first kappa shape index (κ1) is 21.3. The Bertz CT molecular complexity index is 1160. The molecule has 0 N–H and O–H groups in total. The van der Waals surface area contributed by atoms with Crippen LogP contribution in [0.25, 0.3) is 16.6 Å². The lowest BCUT2D eigenvalue weighted by Crippen LogP contribution is -2.16. The highest BCUT2D eigenvalue weighted by molar-refractivity contribution is 5.92. The molecule has 1 aromatic carbocycles. The van der Waals surface area contributed by atoms with Crippen molar-refractivity contribution in [1.29, 1.82) is 0 Å². The van der Waals surface area contributed by atoms with E-state index in [0.717, 1.165) is 70.4 Å². The van der Waals surface area contributed by atoms with Crippen LogP contribution >= 0.6 is 0 Å². The average molecular weight is 421 g/mol. The Morgan fingerprint density at radius 3 is 2.68 bits per heavy atom.